The standard InChI is InChI=1S/C20H23NO4/c1-23-17-9-5-6-10-18(17)24-13-11-20(22)21-12-14-25-19(15-21)16-7-3-2-4-8-16/h2-10,19H,11-15H2,1H3. The first-order valence-corrected chi connectivity index (χ1v) is 8.48. The monoisotopic (exact) mass is 341 g/mol. The van der Waals surface area contributed by atoms with Gasteiger partial charge in [0.25, 0.3) is 0 Å². The van der Waals surface area contributed by atoms with Crippen LogP contribution >= 0.6 is 0 Å². The summed E-state index contributed by atoms with van der Waals surface area (Å²) in [6, 6.07) is 17.5. The van der Waals surface area contributed by atoms with E-state index in [9.17, 15) is 4.79 Å². The molecule has 1 heterocycles. The first-order valence-electron chi connectivity index (χ1n) is 8.48. The van der Waals surface area contributed by atoms with Gasteiger partial charge >= 0.3 is 0 Å². The van der Waals surface area contributed by atoms with E-state index >= 15 is 0 Å². The third kappa shape index (κ3) is 4.51. The minimum atomic E-state index is -0.0611. The molecule has 2 aromatic carbocycles. The molecule has 1 atom stereocenters. The van der Waals surface area contributed by atoms with Crippen LogP contribution in [0.1, 0.15) is 18.1 Å². The van der Waals surface area contributed by atoms with E-state index in [1.54, 1.807) is 7.11 Å². The van der Waals surface area contributed by atoms with Crippen LogP contribution in [0.4, 0.5) is 0 Å². The molecule has 1 unspecified atom stereocenters. The summed E-state index contributed by atoms with van der Waals surface area (Å²) in [5.74, 6) is 1.41. The quantitative estimate of drug-likeness (QED) is 0.810. The number of nitrogens with zero attached hydrogens (tertiary/aromatic N) is 1. The summed E-state index contributed by atoms with van der Waals surface area (Å²) in [7, 11) is 1.60. The van der Waals surface area contributed by atoms with E-state index in [1.807, 2.05) is 59.5 Å². The van der Waals surface area contributed by atoms with Crippen molar-refractivity contribution in [2.24, 2.45) is 0 Å². The molecular weight excluding hydrogens is 318 g/mol. The first-order chi connectivity index (χ1) is 12.3. The molecule has 2 aromatic rings. The van der Waals surface area contributed by atoms with Gasteiger partial charge in [-0.1, -0.05) is 42.5 Å². The third-order valence-corrected chi connectivity index (χ3v) is 4.23. The second kappa shape index (κ2) is 8.53. The van der Waals surface area contributed by atoms with Crippen molar-refractivity contribution in [3.8, 4) is 11.5 Å². The Morgan fingerprint density at radius 1 is 1.12 bits per heavy atom. The molecule has 5 nitrogen and oxygen atoms in total. The molecule has 132 valence electrons. The molecule has 0 aromatic heterocycles. The zero-order chi connectivity index (χ0) is 17.5. The van der Waals surface area contributed by atoms with Crippen molar-refractivity contribution in [1.82, 2.24) is 4.90 Å². The van der Waals surface area contributed by atoms with Crippen molar-refractivity contribution in [3.05, 3.63) is 60.2 Å². The van der Waals surface area contributed by atoms with Crippen LogP contribution in [0.25, 0.3) is 0 Å². The molecule has 25 heavy (non-hydrogen) atoms. The fourth-order valence-electron chi connectivity index (χ4n) is 2.89. The molecule has 1 amide bonds. The van der Waals surface area contributed by atoms with E-state index in [1.165, 1.54) is 0 Å². The number of hydrogen-bond acceptors (Lipinski definition) is 4. The highest BCUT2D eigenvalue weighted by molar-refractivity contribution is 5.76. The molecular formula is C20H23NO4. The SMILES string of the molecule is COc1ccccc1OCCC(=O)N1CCOC(c2ccccc2)C1. The molecule has 1 saturated heterocycles. The highest BCUT2D eigenvalue weighted by Gasteiger charge is 2.25. The topological polar surface area (TPSA) is 48.0 Å². The van der Waals surface area contributed by atoms with Crippen LogP contribution in [-0.2, 0) is 9.53 Å². The fourth-order valence-corrected chi connectivity index (χ4v) is 2.89. The Balaban J connectivity index is 1.51. The molecule has 1 aliphatic heterocycles. The van der Waals surface area contributed by atoms with E-state index in [2.05, 4.69) is 0 Å². The van der Waals surface area contributed by atoms with Crippen LogP contribution in [-0.4, -0.2) is 44.2 Å². The molecule has 1 aliphatic rings. The maximum atomic E-state index is 12.5. The Hall–Kier alpha value is -2.53. The van der Waals surface area contributed by atoms with Crippen LogP contribution in [0.2, 0.25) is 0 Å². The highest BCUT2D eigenvalue weighted by Crippen LogP contribution is 2.26. The van der Waals surface area contributed by atoms with Crippen LogP contribution in [0.5, 0.6) is 11.5 Å². The van der Waals surface area contributed by atoms with Gasteiger partial charge in [0.2, 0.25) is 5.91 Å². The van der Waals surface area contributed by atoms with Gasteiger partial charge in [-0.2, -0.15) is 0 Å². The highest BCUT2D eigenvalue weighted by atomic mass is 16.5. The number of methoxy groups -OCH3 is 1. The van der Waals surface area contributed by atoms with Crippen LogP contribution in [0, 0.1) is 0 Å². The molecule has 0 spiro atoms. The normalized spacial score (nSPS) is 17.2. The van der Waals surface area contributed by atoms with Gasteiger partial charge in [0.1, 0.15) is 6.10 Å². The first kappa shape index (κ1) is 17.3. The van der Waals surface area contributed by atoms with E-state index in [0.717, 1.165) is 5.56 Å². The van der Waals surface area contributed by atoms with Crippen molar-refractivity contribution in [3.63, 3.8) is 0 Å². The fraction of sp³-hybridized carbons (Fsp3) is 0.350. The largest absolute Gasteiger partial charge is 0.493 e. The summed E-state index contributed by atoms with van der Waals surface area (Å²) in [6.07, 6.45) is 0.272. The number of rotatable bonds is 6. The van der Waals surface area contributed by atoms with Gasteiger partial charge in [0.15, 0.2) is 11.5 Å². The molecule has 0 aliphatic carbocycles. The lowest BCUT2D eigenvalue weighted by Crippen LogP contribution is -2.42. The van der Waals surface area contributed by atoms with Crippen molar-refractivity contribution in [2.45, 2.75) is 12.5 Å². The summed E-state index contributed by atoms with van der Waals surface area (Å²) in [5, 5.41) is 0. The molecule has 0 N–H and O–H groups in total. The Labute approximate surface area is 148 Å². The number of morpholine rings is 1. The van der Waals surface area contributed by atoms with E-state index in [-0.39, 0.29) is 12.0 Å². The number of amides is 1. The van der Waals surface area contributed by atoms with Crippen LogP contribution in [0.15, 0.2) is 54.6 Å². The number of benzene rings is 2. The predicted molar refractivity (Wildman–Crippen MR) is 94.8 cm³/mol. The van der Waals surface area contributed by atoms with E-state index < -0.39 is 0 Å². The van der Waals surface area contributed by atoms with Crippen LogP contribution < -0.4 is 9.47 Å². The Morgan fingerprint density at radius 3 is 2.60 bits per heavy atom. The van der Waals surface area contributed by atoms with E-state index in [0.29, 0.717) is 44.2 Å². The van der Waals surface area contributed by atoms with Gasteiger partial charge < -0.3 is 19.1 Å². The zero-order valence-corrected chi connectivity index (χ0v) is 14.4. The van der Waals surface area contributed by atoms with Crippen molar-refractivity contribution < 1.29 is 19.0 Å². The van der Waals surface area contributed by atoms with E-state index in [4.69, 9.17) is 14.2 Å². The van der Waals surface area contributed by atoms with Gasteiger partial charge in [-0.3, -0.25) is 4.79 Å². The number of para-hydroxylation sites is 2. The summed E-state index contributed by atoms with van der Waals surface area (Å²) in [6.45, 7) is 2.08. The Morgan fingerprint density at radius 2 is 1.84 bits per heavy atom. The Kier molecular flexibility index (Phi) is 5.90. The second-order valence-electron chi connectivity index (χ2n) is 5.86. The molecule has 1 fully saturated rings. The second-order valence-corrected chi connectivity index (χ2v) is 5.86. The van der Waals surface area contributed by atoms with Crippen LogP contribution in [0.3, 0.4) is 0 Å². The smallest absolute Gasteiger partial charge is 0.226 e. The van der Waals surface area contributed by atoms with Gasteiger partial charge in [0.05, 0.1) is 33.3 Å². The summed E-state index contributed by atoms with van der Waals surface area (Å²) in [4.78, 5) is 14.3. The molecule has 0 bridgehead atoms. The average molecular weight is 341 g/mol. The average Bonchev–Trinajstić information content (AvgIpc) is 2.69. The van der Waals surface area contributed by atoms with Gasteiger partial charge in [-0.05, 0) is 17.7 Å². The number of hydrogen-bond donors (Lipinski definition) is 0. The molecule has 5 heteroatoms. The predicted octanol–water partition coefficient (Wildman–Crippen LogP) is 3.06. The van der Waals surface area contributed by atoms with Gasteiger partial charge in [0, 0.05) is 6.54 Å². The van der Waals surface area contributed by atoms with Crippen molar-refractivity contribution in [1.29, 1.82) is 0 Å². The number of carbonyl (C=O) groups excluding carboxylic acids is 1. The number of carbonyl (C=O) groups is 1. The maximum absolute atomic E-state index is 12.5. The van der Waals surface area contributed by atoms with Crippen molar-refractivity contribution >= 4 is 5.91 Å². The minimum Gasteiger partial charge on any atom is -0.493 e. The summed E-state index contributed by atoms with van der Waals surface area (Å²) in [5.41, 5.74) is 1.10. The third-order valence-electron chi connectivity index (χ3n) is 4.23. The summed E-state index contributed by atoms with van der Waals surface area (Å²) < 4.78 is 16.7. The minimum absolute atomic E-state index is 0.0611. The lowest BCUT2D eigenvalue weighted by atomic mass is 10.1. The van der Waals surface area contributed by atoms with Gasteiger partial charge in [-0.15, -0.1) is 0 Å². The summed E-state index contributed by atoms with van der Waals surface area (Å²) >= 11 is 0. The lowest BCUT2D eigenvalue weighted by Gasteiger charge is -2.33. The lowest BCUT2D eigenvalue weighted by molar-refractivity contribution is -0.139. The van der Waals surface area contributed by atoms with Gasteiger partial charge in [-0.25, -0.2) is 0 Å². The molecule has 0 radical (unpaired) electrons. The van der Waals surface area contributed by atoms with Crippen molar-refractivity contribution in [2.75, 3.05) is 33.4 Å². The maximum Gasteiger partial charge on any atom is 0.226 e. The molecule has 3 rings (SSSR count). The molecule has 0 saturated carbocycles. The Bertz CT molecular complexity index is 689. The zero-order valence-electron chi connectivity index (χ0n) is 14.4. The number of ether oxygens (including phenoxy) is 3.